The summed E-state index contributed by atoms with van der Waals surface area (Å²) in [7, 11) is -4.01. The van der Waals surface area contributed by atoms with Gasteiger partial charge in [-0.3, -0.25) is 4.79 Å². The third kappa shape index (κ3) is 4.23. The number of aryl methyl sites for hydroxylation is 2. The molecule has 3 aromatic rings. The molecular weight excluding hydrogens is 408 g/mol. The molecule has 1 N–H and O–H groups in total. The number of alkyl halides is 1. The smallest absolute Gasteiger partial charge is 0.265 e. The molecule has 0 fully saturated rings. The van der Waals surface area contributed by atoms with Crippen LogP contribution in [0.1, 0.15) is 31.9 Å². The van der Waals surface area contributed by atoms with E-state index in [1.54, 1.807) is 5.38 Å². The fourth-order valence-corrected chi connectivity index (χ4v) is 5.18. The number of hydrogen-bond acceptors (Lipinski definition) is 6. The van der Waals surface area contributed by atoms with E-state index in [1.807, 2.05) is 32.0 Å². The summed E-state index contributed by atoms with van der Waals surface area (Å²) in [6.45, 7) is 3.87. The Morgan fingerprint density at radius 1 is 1.26 bits per heavy atom. The summed E-state index contributed by atoms with van der Waals surface area (Å²) in [5.41, 5.74) is 3.33. The molecule has 0 aliphatic carbocycles. The van der Waals surface area contributed by atoms with Crippen molar-refractivity contribution in [1.29, 1.82) is 0 Å². The van der Waals surface area contributed by atoms with Gasteiger partial charge in [0.2, 0.25) is 5.88 Å². The number of rotatable bonds is 7. The second-order valence-electron chi connectivity index (χ2n) is 6.06. The zero-order valence-electron chi connectivity index (χ0n) is 14.7. The Morgan fingerprint density at radius 3 is 2.78 bits per heavy atom. The summed E-state index contributed by atoms with van der Waals surface area (Å²) >= 11 is 6.84. The first-order valence-electron chi connectivity index (χ1n) is 8.01. The summed E-state index contributed by atoms with van der Waals surface area (Å²) in [5.74, 6) is -0.262. The minimum absolute atomic E-state index is 0.0451. The molecule has 3 rings (SSSR count). The number of carbonyl (C=O) groups is 1. The topological polar surface area (TPSA) is 89.3 Å². The van der Waals surface area contributed by atoms with Crippen LogP contribution in [-0.2, 0) is 22.3 Å². The van der Waals surface area contributed by atoms with Gasteiger partial charge in [-0.05, 0) is 36.4 Å². The molecular formula is C18H17ClN2O4S2. The van der Waals surface area contributed by atoms with E-state index in [2.05, 4.69) is 9.88 Å². The Hall–Kier alpha value is -2.16. The van der Waals surface area contributed by atoms with Gasteiger partial charge in [0.15, 0.2) is 5.78 Å². The first-order valence-corrected chi connectivity index (χ1v) is 10.9. The fraction of sp³-hybridized carbons (Fsp3) is 0.222. The summed E-state index contributed by atoms with van der Waals surface area (Å²) in [6.07, 6.45) is 1.47. The molecule has 27 heavy (non-hydrogen) atoms. The fourth-order valence-electron chi connectivity index (χ4n) is 2.57. The number of thiophene rings is 1. The van der Waals surface area contributed by atoms with E-state index in [0.717, 1.165) is 28.0 Å². The van der Waals surface area contributed by atoms with Crippen LogP contribution in [-0.4, -0.2) is 19.4 Å². The SMILES string of the molecule is Cc1ccc(C)c(CC(=O)c2sccc2S(=O)(=O)Nc2oncc2CCl)c1. The molecule has 0 spiro atoms. The molecule has 0 amide bonds. The van der Waals surface area contributed by atoms with Crippen molar-refractivity contribution in [1.82, 2.24) is 5.16 Å². The normalized spacial score (nSPS) is 11.5. The number of anilines is 1. The number of aromatic nitrogens is 1. The van der Waals surface area contributed by atoms with E-state index in [1.165, 1.54) is 12.3 Å². The molecule has 2 heterocycles. The minimum atomic E-state index is -4.01. The van der Waals surface area contributed by atoms with E-state index >= 15 is 0 Å². The van der Waals surface area contributed by atoms with Crippen LogP contribution in [0.5, 0.6) is 0 Å². The molecule has 9 heteroatoms. The number of carbonyl (C=O) groups excluding carboxylic acids is 1. The summed E-state index contributed by atoms with van der Waals surface area (Å²) < 4.78 is 32.7. The monoisotopic (exact) mass is 424 g/mol. The standard InChI is InChI=1S/C18H17ClN2O4S2/c1-11-3-4-12(2)13(7-11)8-15(22)17-16(5-6-26-17)27(23,24)21-18-14(9-19)10-20-25-18/h3-7,10,21H,8-9H2,1-2H3. The lowest BCUT2D eigenvalue weighted by Crippen LogP contribution is -2.16. The maximum absolute atomic E-state index is 12.8. The number of sulfonamides is 1. The lowest BCUT2D eigenvalue weighted by molar-refractivity contribution is 0.0994. The third-order valence-electron chi connectivity index (χ3n) is 4.04. The van der Waals surface area contributed by atoms with Gasteiger partial charge in [0, 0.05) is 6.42 Å². The van der Waals surface area contributed by atoms with E-state index < -0.39 is 10.0 Å². The average molecular weight is 425 g/mol. The molecule has 142 valence electrons. The van der Waals surface area contributed by atoms with Gasteiger partial charge in [-0.15, -0.1) is 22.9 Å². The van der Waals surface area contributed by atoms with Gasteiger partial charge in [-0.2, -0.15) is 0 Å². The number of ketones is 1. The van der Waals surface area contributed by atoms with Crippen molar-refractivity contribution in [2.24, 2.45) is 0 Å². The van der Waals surface area contributed by atoms with E-state index in [0.29, 0.717) is 5.56 Å². The van der Waals surface area contributed by atoms with Gasteiger partial charge >= 0.3 is 0 Å². The zero-order chi connectivity index (χ0) is 19.6. The second-order valence-corrected chi connectivity index (χ2v) is 8.90. The van der Waals surface area contributed by atoms with Crippen LogP contribution in [0.3, 0.4) is 0 Å². The Morgan fingerprint density at radius 2 is 2.04 bits per heavy atom. The van der Waals surface area contributed by atoms with Gasteiger partial charge < -0.3 is 4.52 Å². The van der Waals surface area contributed by atoms with E-state index in [4.69, 9.17) is 16.1 Å². The van der Waals surface area contributed by atoms with Crippen molar-refractivity contribution < 1.29 is 17.7 Å². The Labute approximate surface area is 166 Å². The predicted molar refractivity (Wildman–Crippen MR) is 105 cm³/mol. The molecule has 0 saturated heterocycles. The van der Waals surface area contributed by atoms with Gasteiger partial charge in [0.05, 0.1) is 22.5 Å². The number of benzene rings is 1. The first-order chi connectivity index (χ1) is 12.8. The molecule has 0 bridgehead atoms. The van der Waals surface area contributed by atoms with Gasteiger partial charge in [-0.1, -0.05) is 28.9 Å². The Balaban J connectivity index is 1.88. The first kappa shape index (κ1) is 19.6. The van der Waals surface area contributed by atoms with Crippen molar-refractivity contribution in [2.75, 3.05) is 4.72 Å². The largest absolute Gasteiger partial charge is 0.338 e. The lowest BCUT2D eigenvalue weighted by Gasteiger charge is -2.09. The van der Waals surface area contributed by atoms with Crippen LogP contribution < -0.4 is 4.72 Å². The number of halogens is 1. The highest BCUT2D eigenvalue weighted by Gasteiger charge is 2.26. The summed E-state index contributed by atoms with van der Waals surface area (Å²) in [6, 6.07) is 7.26. The van der Waals surface area contributed by atoms with E-state index in [-0.39, 0.29) is 33.7 Å². The maximum Gasteiger partial charge on any atom is 0.265 e. The number of nitrogens with one attached hydrogen (secondary N) is 1. The number of Topliss-reactive ketones (excluding diaryl/α,β-unsaturated/α-hetero) is 1. The maximum atomic E-state index is 12.8. The van der Waals surface area contributed by atoms with Crippen molar-refractivity contribution in [3.05, 3.63) is 63.0 Å². The molecule has 0 saturated carbocycles. The van der Waals surface area contributed by atoms with Crippen LogP contribution in [0.2, 0.25) is 0 Å². The second kappa shape index (κ2) is 7.84. The number of hydrogen-bond donors (Lipinski definition) is 1. The molecule has 0 radical (unpaired) electrons. The van der Waals surface area contributed by atoms with Crippen LogP contribution in [0.25, 0.3) is 0 Å². The highest BCUT2D eigenvalue weighted by molar-refractivity contribution is 7.93. The van der Waals surface area contributed by atoms with Crippen molar-refractivity contribution >= 4 is 44.6 Å². The summed E-state index contributed by atoms with van der Waals surface area (Å²) in [4.78, 5) is 12.9. The van der Waals surface area contributed by atoms with Crippen LogP contribution in [0.15, 0.2) is 45.3 Å². The molecule has 0 unspecified atom stereocenters. The van der Waals surface area contributed by atoms with Crippen LogP contribution in [0.4, 0.5) is 5.88 Å². The van der Waals surface area contributed by atoms with Crippen molar-refractivity contribution in [3.63, 3.8) is 0 Å². The average Bonchev–Trinajstić information content (AvgIpc) is 3.27. The minimum Gasteiger partial charge on any atom is -0.338 e. The third-order valence-corrected chi connectivity index (χ3v) is 6.79. The highest BCUT2D eigenvalue weighted by atomic mass is 35.5. The van der Waals surface area contributed by atoms with Gasteiger partial charge in [-0.25, -0.2) is 13.1 Å². The zero-order valence-corrected chi connectivity index (χ0v) is 17.0. The number of nitrogens with zero attached hydrogens (tertiary/aromatic N) is 1. The summed E-state index contributed by atoms with van der Waals surface area (Å²) in [5, 5.41) is 5.12. The van der Waals surface area contributed by atoms with Gasteiger partial charge in [0.25, 0.3) is 10.0 Å². The predicted octanol–water partition coefficient (Wildman–Crippen LogP) is 4.32. The molecule has 0 atom stereocenters. The highest BCUT2D eigenvalue weighted by Crippen LogP contribution is 2.28. The molecule has 0 aliphatic rings. The molecule has 1 aromatic carbocycles. The van der Waals surface area contributed by atoms with Crippen LogP contribution in [0, 0.1) is 13.8 Å². The van der Waals surface area contributed by atoms with Crippen molar-refractivity contribution in [2.45, 2.75) is 31.0 Å². The van der Waals surface area contributed by atoms with Gasteiger partial charge in [0.1, 0.15) is 4.90 Å². The molecule has 0 aliphatic heterocycles. The Bertz CT molecular complexity index is 1090. The quantitative estimate of drug-likeness (QED) is 0.450. The van der Waals surface area contributed by atoms with Crippen LogP contribution >= 0.6 is 22.9 Å². The Kier molecular flexibility index (Phi) is 5.69. The molecule has 6 nitrogen and oxygen atoms in total. The lowest BCUT2D eigenvalue weighted by atomic mass is 10.0. The van der Waals surface area contributed by atoms with E-state index in [9.17, 15) is 13.2 Å². The van der Waals surface area contributed by atoms with Crippen molar-refractivity contribution in [3.8, 4) is 0 Å². The molecule has 2 aromatic heterocycles.